The fourth-order valence-corrected chi connectivity index (χ4v) is 5.08. The Morgan fingerprint density at radius 2 is 1.85 bits per heavy atom. The van der Waals surface area contributed by atoms with Crippen LogP contribution in [0.2, 0.25) is 0 Å². The van der Waals surface area contributed by atoms with Crippen LogP contribution in [0.25, 0.3) is 0 Å². The average Bonchev–Trinajstić information content (AvgIpc) is 3.36. The monoisotopic (exact) mass is 545 g/mol. The van der Waals surface area contributed by atoms with Gasteiger partial charge in [-0.25, -0.2) is 8.78 Å². The van der Waals surface area contributed by atoms with Crippen molar-refractivity contribution in [3.63, 3.8) is 0 Å². The topological polar surface area (TPSA) is 90.9 Å². The van der Waals surface area contributed by atoms with Gasteiger partial charge in [-0.05, 0) is 60.9 Å². The lowest BCUT2D eigenvalue weighted by Gasteiger charge is -2.25. The largest absolute Gasteiger partial charge is 0.390 e. The number of hydrogen-bond acceptors (Lipinski definition) is 5. The van der Waals surface area contributed by atoms with Crippen molar-refractivity contribution in [1.82, 2.24) is 15.5 Å². The number of carbonyl (C=O) groups excluding carboxylic acids is 2. The maximum Gasteiger partial charge on any atom is 0.222 e. The number of carbonyl (C=O) groups is 2. The van der Waals surface area contributed by atoms with Crippen molar-refractivity contribution >= 4 is 11.8 Å². The number of methoxy groups -OCH3 is 1. The number of likely N-dealkylation sites (tertiary alicyclic amines) is 1. The first-order chi connectivity index (χ1) is 18.8. The number of aryl methyl sites for hydroxylation is 1. The van der Waals surface area contributed by atoms with Gasteiger partial charge in [-0.1, -0.05) is 31.2 Å². The summed E-state index contributed by atoms with van der Waals surface area (Å²) in [6.07, 6.45) is 2.55. The molecule has 1 fully saturated rings. The predicted molar refractivity (Wildman–Crippen MR) is 146 cm³/mol. The summed E-state index contributed by atoms with van der Waals surface area (Å²) in [5.41, 5.74) is 2.62. The van der Waals surface area contributed by atoms with E-state index >= 15 is 0 Å². The van der Waals surface area contributed by atoms with Crippen molar-refractivity contribution in [3.05, 3.63) is 70.8 Å². The third-order valence-corrected chi connectivity index (χ3v) is 7.12. The van der Waals surface area contributed by atoms with Gasteiger partial charge in [-0.3, -0.25) is 9.59 Å². The number of amides is 2. The van der Waals surface area contributed by atoms with Crippen LogP contribution in [0.15, 0.2) is 42.5 Å². The Morgan fingerprint density at radius 1 is 1.10 bits per heavy atom. The fraction of sp³-hybridized carbons (Fsp3) is 0.533. The van der Waals surface area contributed by atoms with Crippen LogP contribution in [0.1, 0.15) is 55.7 Å². The number of benzene rings is 2. The predicted octanol–water partition coefficient (Wildman–Crippen LogP) is 3.51. The average molecular weight is 546 g/mol. The summed E-state index contributed by atoms with van der Waals surface area (Å²) < 4.78 is 32.8. The Kier molecular flexibility index (Phi) is 12.3. The highest BCUT2D eigenvalue weighted by atomic mass is 19.1. The quantitative estimate of drug-likeness (QED) is 0.319. The van der Waals surface area contributed by atoms with Gasteiger partial charge in [-0.15, -0.1) is 0 Å². The summed E-state index contributed by atoms with van der Waals surface area (Å²) >= 11 is 0. The van der Waals surface area contributed by atoms with Gasteiger partial charge in [-0.2, -0.15) is 0 Å². The number of nitrogens with zero attached hydrogens (tertiary/aromatic N) is 1. The number of halogens is 2. The molecule has 1 aliphatic rings. The van der Waals surface area contributed by atoms with Gasteiger partial charge in [0.1, 0.15) is 11.6 Å². The van der Waals surface area contributed by atoms with E-state index in [1.807, 2.05) is 17.0 Å². The van der Waals surface area contributed by atoms with E-state index in [9.17, 15) is 23.5 Å². The van der Waals surface area contributed by atoms with E-state index in [2.05, 4.69) is 29.7 Å². The van der Waals surface area contributed by atoms with Gasteiger partial charge >= 0.3 is 0 Å². The molecule has 1 saturated heterocycles. The number of aliphatic hydroxyl groups excluding tert-OH is 1. The summed E-state index contributed by atoms with van der Waals surface area (Å²) in [4.78, 5) is 27.3. The molecule has 214 valence electrons. The maximum atomic E-state index is 13.8. The lowest BCUT2D eigenvalue weighted by Crippen LogP contribution is -2.48. The van der Waals surface area contributed by atoms with Crippen LogP contribution in [0, 0.1) is 11.6 Å². The van der Waals surface area contributed by atoms with E-state index < -0.39 is 23.8 Å². The first-order valence-corrected chi connectivity index (χ1v) is 13.8. The number of ether oxygens (including phenoxy) is 1. The second kappa shape index (κ2) is 15.6. The molecule has 0 aromatic heterocycles. The lowest BCUT2D eigenvalue weighted by molar-refractivity contribution is -0.133. The van der Waals surface area contributed by atoms with Gasteiger partial charge in [0.15, 0.2) is 0 Å². The van der Waals surface area contributed by atoms with Crippen molar-refractivity contribution in [3.8, 4) is 0 Å². The zero-order valence-corrected chi connectivity index (χ0v) is 22.9. The molecule has 1 unspecified atom stereocenters. The first kappa shape index (κ1) is 30.7. The Labute approximate surface area is 229 Å². The molecule has 0 bridgehead atoms. The summed E-state index contributed by atoms with van der Waals surface area (Å²) in [7, 11) is 1.62. The summed E-state index contributed by atoms with van der Waals surface area (Å²) in [5, 5.41) is 17.0. The molecule has 7 nitrogen and oxygen atoms in total. The Balaban J connectivity index is 1.55. The maximum absolute atomic E-state index is 13.8. The van der Waals surface area contributed by atoms with Crippen LogP contribution >= 0.6 is 0 Å². The molecule has 0 aliphatic carbocycles. The molecule has 2 amide bonds. The number of hydrogen-bond donors (Lipinski definition) is 3. The molecule has 3 atom stereocenters. The molecule has 3 rings (SSSR count). The van der Waals surface area contributed by atoms with Gasteiger partial charge in [0.2, 0.25) is 11.8 Å². The van der Waals surface area contributed by atoms with Gasteiger partial charge < -0.3 is 25.4 Å². The molecule has 1 heterocycles. The number of nitrogens with one attached hydrogen (secondary N) is 2. The fourth-order valence-electron chi connectivity index (χ4n) is 5.08. The Morgan fingerprint density at radius 3 is 2.56 bits per heavy atom. The van der Waals surface area contributed by atoms with Gasteiger partial charge in [0.25, 0.3) is 0 Å². The van der Waals surface area contributed by atoms with Crippen LogP contribution in [0.4, 0.5) is 8.78 Å². The second-order valence-electron chi connectivity index (χ2n) is 10.2. The molecular formula is C30H41F2N3O4. The van der Waals surface area contributed by atoms with E-state index in [1.54, 1.807) is 7.11 Å². The minimum atomic E-state index is -1.00. The Hall–Kier alpha value is -2.88. The van der Waals surface area contributed by atoms with E-state index in [0.29, 0.717) is 31.7 Å². The minimum Gasteiger partial charge on any atom is -0.390 e. The smallest absolute Gasteiger partial charge is 0.222 e. The third kappa shape index (κ3) is 9.98. The second-order valence-corrected chi connectivity index (χ2v) is 10.2. The van der Waals surface area contributed by atoms with Crippen LogP contribution < -0.4 is 10.6 Å². The molecule has 0 radical (unpaired) electrons. The zero-order valence-electron chi connectivity index (χ0n) is 22.9. The zero-order chi connectivity index (χ0) is 28.2. The first-order valence-electron chi connectivity index (χ1n) is 13.8. The molecule has 1 aliphatic heterocycles. The minimum absolute atomic E-state index is 0.00510. The summed E-state index contributed by atoms with van der Waals surface area (Å²) in [5.74, 6) is -1.75. The van der Waals surface area contributed by atoms with Crippen LogP contribution in [0.5, 0.6) is 0 Å². The normalized spacial score (nSPS) is 16.7. The Bertz CT molecular complexity index is 1060. The van der Waals surface area contributed by atoms with Crippen LogP contribution in [-0.2, 0) is 33.7 Å². The molecule has 2 aromatic rings. The van der Waals surface area contributed by atoms with Gasteiger partial charge in [0, 0.05) is 45.7 Å². The van der Waals surface area contributed by atoms with E-state index in [0.717, 1.165) is 30.9 Å². The van der Waals surface area contributed by atoms with E-state index in [-0.39, 0.29) is 43.7 Å². The molecule has 9 heteroatoms. The SMILES string of the molecule is CCc1cccc(CNC[C@@H](O)[C@H](Cc2cc(F)cc(F)c2)NC(=O)CCCC(=O)N2CCCC2COC)c1. The highest BCUT2D eigenvalue weighted by Crippen LogP contribution is 2.19. The highest BCUT2D eigenvalue weighted by molar-refractivity contribution is 5.79. The molecule has 2 aromatic carbocycles. The van der Waals surface area contributed by atoms with Crippen molar-refractivity contribution < 1.29 is 28.2 Å². The molecule has 0 saturated carbocycles. The number of aliphatic hydroxyl groups is 1. The number of rotatable bonds is 15. The third-order valence-electron chi connectivity index (χ3n) is 7.12. The molecule has 3 N–H and O–H groups in total. The van der Waals surface area contributed by atoms with E-state index in [1.165, 1.54) is 17.7 Å². The molecular weight excluding hydrogens is 504 g/mol. The van der Waals surface area contributed by atoms with Crippen LogP contribution in [0.3, 0.4) is 0 Å². The van der Waals surface area contributed by atoms with Crippen LogP contribution in [-0.4, -0.2) is 66.8 Å². The molecule has 39 heavy (non-hydrogen) atoms. The molecule has 0 spiro atoms. The standard InChI is InChI=1S/C30H41F2N3O4/c1-3-21-7-4-8-22(13-21)18-33-19-28(36)27(16-23-14-24(31)17-25(32)15-23)34-29(37)10-5-11-30(38)35-12-6-9-26(35)20-39-2/h4,7-8,13-15,17,26-28,33,36H,3,5-6,9-12,16,18-20H2,1-2H3,(H,34,37)/t26?,27-,28+/m0/s1. The van der Waals surface area contributed by atoms with Crippen molar-refractivity contribution in [2.75, 3.05) is 26.8 Å². The lowest BCUT2D eigenvalue weighted by atomic mass is 10.00. The summed E-state index contributed by atoms with van der Waals surface area (Å²) in [6, 6.07) is 10.6. The summed E-state index contributed by atoms with van der Waals surface area (Å²) in [6.45, 7) is 3.99. The van der Waals surface area contributed by atoms with Gasteiger partial charge in [0.05, 0.1) is 24.8 Å². The van der Waals surface area contributed by atoms with Crippen molar-refractivity contribution in [1.29, 1.82) is 0 Å². The van der Waals surface area contributed by atoms with E-state index in [4.69, 9.17) is 4.74 Å². The highest BCUT2D eigenvalue weighted by Gasteiger charge is 2.28. The van der Waals surface area contributed by atoms with Crippen molar-refractivity contribution in [2.24, 2.45) is 0 Å². The van der Waals surface area contributed by atoms with Crippen molar-refractivity contribution in [2.45, 2.75) is 76.6 Å².